The molecule has 0 saturated carbocycles. The Balaban J connectivity index is 1.72. The van der Waals surface area contributed by atoms with Gasteiger partial charge in [0.05, 0.1) is 17.7 Å². The first-order valence-electron chi connectivity index (χ1n) is 8.94. The van der Waals surface area contributed by atoms with Crippen molar-refractivity contribution in [3.63, 3.8) is 0 Å². The number of hydrogen-bond donors (Lipinski definition) is 1. The molecule has 0 atom stereocenters. The zero-order chi connectivity index (χ0) is 19.1. The molecule has 2 aromatic carbocycles. The molecule has 28 heavy (non-hydrogen) atoms. The number of nitrogens with one attached hydrogen (secondary N) is 1. The summed E-state index contributed by atoms with van der Waals surface area (Å²) >= 11 is 0. The van der Waals surface area contributed by atoms with Crippen LogP contribution in [-0.2, 0) is 6.42 Å². The first kappa shape index (κ1) is 16.3. The Morgan fingerprint density at radius 3 is 2.50 bits per heavy atom. The third-order valence-corrected chi connectivity index (χ3v) is 4.87. The molecule has 0 fully saturated rings. The standard InChI is InChI=1S/C21H16N6O/c1-13-18-19(22-12-23-21(18)28)26-27(13)20-16-10-6-5-9-15(16)17(24-25-20)11-14-7-3-2-4-8-14/h2-10,12H,11H2,1H3,(H,22,23,26,28). The quantitative estimate of drug-likeness (QED) is 0.529. The van der Waals surface area contributed by atoms with Crippen molar-refractivity contribution in [1.29, 1.82) is 0 Å². The topological polar surface area (TPSA) is 89.4 Å². The number of aryl methyl sites for hydroxylation is 1. The lowest BCUT2D eigenvalue weighted by Crippen LogP contribution is -2.08. The normalized spacial score (nSPS) is 11.3. The van der Waals surface area contributed by atoms with E-state index in [0.717, 1.165) is 16.5 Å². The lowest BCUT2D eigenvalue weighted by Gasteiger charge is -2.10. The summed E-state index contributed by atoms with van der Waals surface area (Å²) in [7, 11) is 0. The summed E-state index contributed by atoms with van der Waals surface area (Å²) in [6.45, 7) is 1.83. The van der Waals surface area contributed by atoms with E-state index in [-0.39, 0.29) is 5.56 Å². The summed E-state index contributed by atoms with van der Waals surface area (Å²) in [5, 5.41) is 15.9. The van der Waals surface area contributed by atoms with Gasteiger partial charge in [-0.3, -0.25) is 4.79 Å². The van der Waals surface area contributed by atoms with Crippen molar-refractivity contribution in [2.45, 2.75) is 13.3 Å². The summed E-state index contributed by atoms with van der Waals surface area (Å²) in [5.74, 6) is 0.585. The fraction of sp³-hybridized carbons (Fsp3) is 0.0952. The van der Waals surface area contributed by atoms with Crippen LogP contribution in [0.4, 0.5) is 0 Å². The summed E-state index contributed by atoms with van der Waals surface area (Å²) in [4.78, 5) is 18.9. The number of nitrogens with zero attached hydrogens (tertiary/aromatic N) is 5. The molecule has 7 nitrogen and oxygen atoms in total. The molecular weight excluding hydrogens is 352 g/mol. The second-order valence-corrected chi connectivity index (χ2v) is 6.61. The van der Waals surface area contributed by atoms with E-state index in [4.69, 9.17) is 0 Å². The van der Waals surface area contributed by atoms with Crippen molar-refractivity contribution in [2.24, 2.45) is 0 Å². The first-order valence-corrected chi connectivity index (χ1v) is 8.94. The molecule has 0 amide bonds. The van der Waals surface area contributed by atoms with Crippen LogP contribution in [0.25, 0.3) is 27.6 Å². The number of fused-ring (bicyclic) bond motifs is 2. The second-order valence-electron chi connectivity index (χ2n) is 6.61. The first-order chi connectivity index (χ1) is 13.7. The third kappa shape index (κ3) is 2.56. The minimum atomic E-state index is -0.216. The maximum atomic E-state index is 12.2. The number of H-pyrrole nitrogens is 1. The Hall–Kier alpha value is -3.87. The smallest absolute Gasteiger partial charge is 0.262 e. The minimum Gasteiger partial charge on any atom is -0.312 e. The Morgan fingerprint density at radius 1 is 0.964 bits per heavy atom. The van der Waals surface area contributed by atoms with Gasteiger partial charge in [-0.1, -0.05) is 54.6 Å². The third-order valence-electron chi connectivity index (χ3n) is 4.87. The Kier molecular flexibility index (Phi) is 3.72. The van der Waals surface area contributed by atoms with E-state index in [1.807, 2.05) is 49.4 Å². The zero-order valence-electron chi connectivity index (χ0n) is 15.1. The molecule has 5 aromatic rings. The number of hydrogen-bond acceptors (Lipinski definition) is 5. The average Bonchev–Trinajstić information content (AvgIpc) is 3.07. The van der Waals surface area contributed by atoms with Crippen LogP contribution in [-0.4, -0.2) is 29.9 Å². The number of aromatic nitrogens is 6. The van der Waals surface area contributed by atoms with Gasteiger partial charge in [-0.25, -0.2) is 9.67 Å². The van der Waals surface area contributed by atoms with Gasteiger partial charge in [-0.2, -0.15) is 5.10 Å². The highest BCUT2D eigenvalue weighted by Crippen LogP contribution is 2.25. The van der Waals surface area contributed by atoms with Crippen molar-refractivity contribution < 1.29 is 0 Å². The number of benzene rings is 2. The fourth-order valence-corrected chi connectivity index (χ4v) is 3.50. The molecule has 0 unspecified atom stereocenters. The van der Waals surface area contributed by atoms with E-state index in [1.165, 1.54) is 11.9 Å². The van der Waals surface area contributed by atoms with Gasteiger partial charge < -0.3 is 4.98 Å². The maximum Gasteiger partial charge on any atom is 0.262 e. The van der Waals surface area contributed by atoms with Crippen LogP contribution in [0.5, 0.6) is 0 Å². The van der Waals surface area contributed by atoms with Crippen molar-refractivity contribution in [1.82, 2.24) is 29.9 Å². The van der Waals surface area contributed by atoms with Crippen LogP contribution < -0.4 is 5.56 Å². The van der Waals surface area contributed by atoms with E-state index in [2.05, 4.69) is 37.4 Å². The van der Waals surface area contributed by atoms with Gasteiger partial charge in [0.2, 0.25) is 0 Å². The lowest BCUT2D eigenvalue weighted by atomic mass is 10.0. The minimum absolute atomic E-state index is 0.216. The molecule has 136 valence electrons. The summed E-state index contributed by atoms with van der Waals surface area (Å²) in [5.41, 5.74) is 2.93. The SMILES string of the molecule is Cc1c2c(=O)[nH]cnc2nn1-c1nnc(Cc2ccccc2)c2ccccc12. The van der Waals surface area contributed by atoms with Crippen LogP contribution >= 0.6 is 0 Å². The highest BCUT2D eigenvalue weighted by molar-refractivity contribution is 5.91. The molecule has 0 aliphatic rings. The molecule has 0 aliphatic heterocycles. The van der Waals surface area contributed by atoms with Gasteiger partial charge >= 0.3 is 0 Å². The van der Waals surface area contributed by atoms with Crippen LogP contribution in [0.3, 0.4) is 0 Å². The van der Waals surface area contributed by atoms with Gasteiger partial charge in [-0.15, -0.1) is 10.2 Å². The monoisotopic (exact) mass is 368 g/mol. The van der Waals surface area contributed by atoms with Crippen LogP contribution in [0.15, 0.2) is 65.7 Å². The molecule has 0 spiro atoms. The van der Waals surface area contributed by atoms with Crippen molar-refractivity contribution in [3.05, 3.63) is 88.2 Å². The van der Waals surface area contributed by atoms with Gasteiger partial charge in [0.15, 0.2) is 11.5 Å². The Morgan fingerprint density at radius 2 is 1.71 bits per heavy atom. The summed E-state index contributed by atoms with van der Waals surface area (Å²) in [6, 6.07) is 18.2. The summed E-state index contributed by atoms with van der Waals surface area (Å²) < 4.78 is 1.65. The molecule has 0 aliphatic carbocycles. The predicted molar refractivity (Wildman–Crippen MR) is 107 cm³/mol. The van der Waals surface area contributed by atoms with Crippen LogP contribution in [0, 0.1) is 6.92 Å². The molecular formula is C21H16N6O. The van der Waals surface area contributed by atoms with Crippen LogP contribution in [0.1, 0.15) is 17.0 Å². The number of aromatic amines is 1. The van der Waals surface area contributed by atoms with E-state index in [0.29, 0.717) is 29.0 Å². The van der Waals surface area contributed by atoms with E-state index >= 15 is 0 Å². The van der Waals surface area contributed by atoms with Crippen molar-refractivity contribution in [3.8, 4) is 5.82 Å². The lowest BCUT2D eigenvalue weighted by molar-refractivity contribution is 0.798. The largest absolute Gasteiger partial charge is 0.312 e. The van der Waals surface area contributed by atoms with E-state index < -0.39 is 0 Å². The second kappa shape index (κ2) is 6.38. The van der Waals surface area contributed by atoms with Gasteiger partial charge in [0.1, 0.15) is 5.39 Å². The highest BCUT2D eigenvalue weighted by Gasteiger charge is 2.17. The summed E-state index contributed by atoms with van der Waals surface area (Å²) in [6.07, 6.45) is 2.05. The van der Waals surface area contributed by atoms with Crippen molar-refractivity contribution >= 4 is 21.8 Å². The Labute approximate surface area is 159 Å². The Bertz CT molecular complexity index is 1370. The zero-order valence-corrected chi connectivity index (χ0v) is 15.1. The van der Waals surface area contributed by atoms with Crippen LogP contribution in [0.2, 0.25) is 0 Å². The molecule has 1 N–H and O–H groups in total. The molecule has 5 rings (SSSR count). The van der Waals surface area contributed by atoms with Gasteiger partial charge in [-0.05, 0) is 12.5 Å². The maximum absolute atomic E-state index is 12.2. The van der Waals surface area contributed by atoms with E-state index in [9.17, 15) is 4.79 Å². The van der Waals surface area contributed by atoms with Crippen molar-refractivity contribution in [2.75, 3.05) is 0 Å². The molecule has 3 aromatic heterocycles. The number of rotatable bonds is 3. The van der Waals surface area contributed by atoms with E-state index in [1.54, 1.807) is 4.68 Å². The predicted octanol–water partition coefficient (Wildman–Crippen LogP) is 2.95. The molecule has 3 heterocycles. The average molecular weight is 368 g/mol. The van der Waals surface area contributed by atoms with Gasteiger partial charge in [0.25, 0.3) is 5.56 Å². The highest BCUT2D eigenvalue weighted by atomic mass is 16.1. The molecule has 0 bridgehead atoms. The van der Waals surface area contributed by atoms with Gasteiger partial charge in [0, 0.05) is 17.2 Å². The molecule has 0 saturated heterocycles. The fourth-order valence-electron chi connectivity index (χ4n) is 3.50. The molecule has 7 heteroatoms. The molecule has 0 radical (unpaired) electrons.